The Morgan fingerprint density at radius 3 is 2.45 bits per heavy atom. The summed E-state index contributed by atoms with van der Waals surface area (Å²) in [5, 5.41) is 18.8. The fourth-order valence-electron chi connectivity index (χ4n) is 1.61. The van der Waals surface area contributed by atoms with Crippen LogP contribution < -0.4 is 10.2 Å². The molecular weight excluding hydrogens is 305 g/mol. The van der Waals surface area contributed by atoms with Gasteiger partial charge in [0.1, 0.15) is 18.2 Å². The van der Waals surface area contributed by atoms with E-state index in [9.17, 15) is 4.39 Å². The number of benzene rings is 2. The summed E-state index contributed by atoms with van der Waals surface area (Å²) >= 11 is 11.8. The Bertz CT molecular complexity index is 623. The fourth-order valence-corrected chi connectivity index (χ4v) is 2.07. The van der Waals surface area contributed by atoms with E-state index >= 15 is 0 Å². The van der Waals surface area contributed by atoms with Gasteiger partial charge in [-0.3, -0.25) is 0 Å². The Morgan fingerprint density at radius 2 is 1.85 bits per heavy atom. The summed E-state index contributed by atoms with van der Waals surface area (Å²) in [7, 11) is -1.85. The van der Waals surface area contributed by atoms with Crippen LogP contribution in [0.3, 0.4) is 0 Å². The zero-order valence-corrected chi connectivity index (χ0v) is 11.7. The van der Waals surface area contributed by atoms with Crippen molar-refractivity contribution in [3.63, 3.8) is 0 Å². The molecule has 0 aliphatic heterocycles. The first-order valence-corrected chi connectivity index (χ1v) is 6.45. The van der Waals surface area contributed by atoms with Gasteiger partial charge in [0.15, 0.2) is 0 Å². The van der Waals surface area contributed by atoms with Gasteiger partial charge in [0.05, 0.1) is 0 Å². The van der Waals surface area contributed by atoms with E-state index in [2.05, 4.69) is 0 Å². The zero-order valence-electron chi connectivity index (χ0n) is 10.2. The van der Waals surface area contributed by atoms with Crippen LogP contribution in [0.2, 0.25) is 10.0 Å². The zero-order chi connectivity index (χ0) is 14.7. The molecule has 0 aliphatic carbocycles. The predicted octanol–water partition coefficient (Wildman–Crippen LogP) is 2.39. The summed E-state index contributed by atoms with van der Waals surface area (Å²) < 4.78 is 18.9. The van der Waals surface area contributed by atoms with Crippen LogP contribution in [0.5, 0.6) is 5.75 Å². The lowest BCUT2D eigenvalue weighted by atomic mass is 9.80. The first kappa shape index (κ1) is 15.1. The summed E-state index contributed by atoms with van der Waals surface area (Å²) in [5.41, 5.74) is 0.504. The second kappa shape index (κ2) is 6.46. The maximum absolute atomic E-state index is 13.5. The number of hydrogen-bond donors (Lipinski definition) is 2. The molecule has 0 bridgehead atoms. The molecular formula is C13H10BCl2FO3. The van der Waals surface area contributed by atoms with E-state index in [1.54, 1.807) is 18.2 Å². The van der Waals surface area contributed by atoms with E-state index in [0.29, 0.717) is 15.6 Å². The van der Waals surface area contributed by atoms with Crippen molar-refractivity contribution in [3.05, 3.63) is 57.8 Å². The molecule has 0 aromatic heterocycles. The van der Waals surface area contributed by atoms with Crippen molar-refractivity contribution in [2.24, 2.45) is 0 Å². The maximum Gasteiger partial charge on any atom is 0.491 e. The van der Waals surface area contributed by atoms with Gasteiger partial charge in [-0.15, -0.1) is 0 Å². The molecule has 3 nitrogen and oxygen atoms in total. The standard InChI is InChI=1S/C13H10BCl2FO3/c15-9-2-1-8(12(16)5-9)7-20-10-3-4-11(14(18)19)13(17)6-10/h1-6,18-19H,7H2. The van der Waals surface area contributed by atoms with Gasteiger partial charge < -0.3 is 14.8 Å². The second-order valence-corrected chi connectivity index (χ2v) is 4.93. The largest absolute Gasteiger partial charge is 0.491 e. The highest BCUT2D eigenvalue weighted by molar-refractivity contribution is 6.58. The normalized spacial score (nSPS) is 10.4. The van der Waals surface area contributed by atoms with Gasteiger partial charge in [-0.05, 0) is 18.2 Å². The van der Waals surface area contributed by atoms with Crippen molar-refractivity contribution in [3.8, 4) is 5.75 Å². The summed E-state index contributed by atoms with van der Waals surface area (Å²) in [5.74, 6) is -0.488. The first-order valence-electron chi connectivity index (χ1n) is 5.69. The van der Waals surface area contributed by atoms with Gasteiger partial charge in [0.25, 0.3) is 0 Å². The molecule has 0 spiro atoms. The molecule has 0 heterocycles. The van der Waals surface area contributed by atoms with Crippen molar-refractivity contribution in [2.45, 2.75) is 6.61 Å². The van der Waals surface area contributed by atoms with Gasteiger partial charge >= 0.3 is 7.12 Å². The monoisotopic (exact) mass is 314 g/mol. The number of hydrogen-bond acceptors (Lipinski definition) is 3. The topological polar surface area (TPSA) is 49.7 Å². The third kappa shape index (κ3) is 3.64. The molecule has 0 amide bonds. The molecule has 2 aromatic carbocycles. The minimum absolute atomic E-state index is 0.149. The van der Waals surface area contributed by atoms with Gasteiger partial charge in [0.2, 0.25) is 0 Å². The molecule has 7 heteroatoms. The van der Waals surface area contributed by atoms with Crippen molar-refractivity contribution in [2.75, 3.05) is 0 Å². The van der Waals surface area contributed by atoms with Crippen LogP contribution in [-0.4, -0.2) is 17.2 Å². The van der Waals surface area contributed by atoms with Crippen LogP contribution in [0, 0.1) is 5.82 Å². The lowest BCUT2D eigenvalue weighted by Gasteiger charge is -2.09. The van der Waals surface area contributed by atoms with E-state index in [1.165, 1.54) is 12.1 Å². The fraction of sp³-hybridized carbons (Fsp3) is 0.0769. The van der Waals surface area contributed by atoms with Crippen molar-refractivity contribution >= 4 is 35.8 Å². The predicted molar refractivity (Wildman–Crippen MR) is 77.0 cm³/mol. The molecule has 2 N–H and O–H groups in total. The second-order valence-electron chi connectivity index (χ2n) is 4.08. The SMILES string of the molecule is OB(O)c1ccc(OCc2ccc(Cl)cc2Cl)cc1F. The van der Waals surface area contributed by atoms with Crippen molar-refractivity contribution < 1.29 is 19.2 Å². The van der Waals surface area contributed by atoms with E-state index in [0.717, 1.165) is 6.07 Å². The molecule has 0 fully saturated rings. The third-order valence-corrected chi connectivity index (χ3v) is 3.25. The summed E-state index contributed by atoms with van der Waals surface area (Å²) in [6.07, 6.45) is 0. The van der Waals surface area contributed by atoms with Crippen molar-refractivity contribution in [1.29, 1.82) is 0 Å². The Hall–Kier alpha value is -1.27. The Morgan fingerprint density at radius 1 is 1.10 bits per heavy atom. The maximum atomic E-state index is 13.5. The van der Waals surface area contributed by atoms with Gasteiger partial charge in [-0.25, -0.2) is 4.39 Å². The number of ether oxygens (including phenoxy) is 1. The van der Waals surface area contributed by atoms with Gasteiger partial charge in [0, 0.05) is 27.1 Å². The summed E-state index contributed by atoms with van der Waals surface area (Å²) in [4.78, 5) is 0. The molecule has 0 aliphatic rings. The van der Waals surface area contributed by atoms with Crippen LogP contribution in [-0.2, 0) is 6.61 Å². The molecule has 2 aromatic rings. The summed E-state index contributed by atoms with van der Waals surface area (Å²) in [6.45, 7) is 0.149. The molecule has 0 saturated carbocycles. The average molecular weight is 315 g/mol. The van der Waals surface area contributed by atoms with Crippen LogP contribution in [0.15, 0.2) is 36.4 Å². The third-order valence-electron chi connectivity index (χ3n) is 2.66. The van der Waals surface area contributed by atoms with E-state index < -0.39 is 12.9 Å². The van der Waals surface area contributed by atoms with Crippen molar-refractivity contribution in [1.82, 2.24) is 0 Å². The lowest BCUT2D eigenvalue weighted by molar-refractivity contribution is 0.305. The lowest BCUT2D eigenvalue weighted by Crippen LogP contribution is -2.32. The number of rotatable bonds is 4. The quantitative estimate of drug-likeness (QED) is 0.852. The van der Waals surface area contributed by atoms with Crippen LogP contribution in [0.4, 0.5) is 4.39 Å². The summed E-state index contributed by atoms with van der Waals surface area (Å²) in [6, 6.07) is 8.76. The molecule has 0 atom stereocenters. The Kier molecular flexibility index (Phi) is 4.88. The molecule has 2 rings (SSSR count). The molecule has 104 valence electrons. The molecule has 0 unspecified atom stereocenters. The smallest absolute Gasteiger partial charge is 0.489 e. The minimum Gasteiger partial charge on any atom is -0.489 e. The number of halogens is 3. The van der Waals surface area contributed by atoms with Crippen LogP contribution >= 0.6 is 23.2 Å². The van der Waals surface area contributed by atoms with E-state index in [4.69, 9.17) is 38.0 Å². The van der Waals surface area contributed by atoms with Crippen LogP contribution in [0.25, 0.3) is 0 Å². The first-order chi connectivity index (χ1) is 9.47. The highest BCUT2D eigenvalue weighted by Crippen LogP contribution is 2.22. The molecule has 20 heavy (non-hydrogen) atoms. The van der Waals surface area contributed by atoms with E-state index in [-0.39, 0.29) is 17.8 Å². The van der Waals surface area contributed by atoms with Gasteiger partial charge in [-0.2, -0.15) is 0 Å². The van der Waals surface area contributed by atoms with Crippen LogP contribution in [0.1, 0.15) is 5.56 Å². The molecule has 0 saturated heterocycles. The Balaban J connectivity index is 2.09. The van der Waals surface area contributed by atoms with E-state index in [1.807, 2.05) is 0 Å². The molecule has 0 radical (unpaired) electrons. The average Bonchev–Trinajstić information content (AvgIpc) is 2.37. The highest BCUT2D eigenvalue weighted by atomic mass is 35.5. The minimum atomic E-state index is -1.85. The highest BCUT2D eigenvalue weighted by Gasteiger charge is 2.16. The Labute approximate surface area is 125 Å². The van der Waals surface area contributed by atoms with Gasteiger partial charge in [-0.1, -0.05) is 35.3 Å².